The Morgan fingerprint density at radius 3 is 2.44 bits per heavy atom. The summed E-state index contributed by atoms with van der Waals surface area (Å²) >= 11 is 1.40. The summed E-state index contributed by atoms with van der Waals surface area (Å²) in [5.74, 6) is 0.928. The second-order valence-corrected chi connectivity index (χ2v) is 8.45. The Balaban J connectivity index is 2.10. The molecule has 0 fully saturated rings. The molecule has 0 unspecified atom stereocenters. The van der Waals surface area contributed by atoms with Gasteiger partial charge in [-0.15, -0.1) is 11.3 Å². The van der Waals surface area contributed by atoms with Crippen LogP contribution in [0.4, 0.5) is 0 Å². The molecule has 0 saturated carbocycles. The average Bonchev–Trinajstić information content (AvgIpc) is 3.00. The van der Waals surface area contributed by atoms with Gasteiger partial charge in [0.15, 0.2) is 17.3 Å². The number of thiophene rings is 1. The normalized spacial score (nSPS) is 11.4. The SMILES string of the molecule is CCCCOc1cc2cc(C(=O)CCC(=O)OC(C)(C)C)sc2cc1OC. The summed E-state index contributed by atoms with van der Waals surface area (Å²) in [6.45, 7) is 8.17. The summed E-state index contributed by atoms with van der Waals surface area (Å²) < 4.78 is 17.4. The van der Waals surface area contributed by atoms with Gasteiger partial charge < -0.3 is 14.2 Å². The van der Waals surface area contributed by atoms with Crippen molar-refractivity contribution < 1.29 is 23.8 Å². The molecule has 0 aliphatic heterocycles. The number of hydrogen-bond donors (Lipinski definition) is 0. The molecule has 1 heterocycles. The number of fused-ring (bicyclic) bond motifs is 1. The molecule has 2 rings (SSSR count). The highest BCUT2D eigenvalue weighted by Crippen LogP contribution is 2.37. The number of ketones is 1. The number of unbranched alkanes of at least 4 members (excludes halogenated alkanes) is 1. The molecule has 2 aromatic rings. The van der Waals surface area contributed by atoms with Crippen molar-refractivity contribution in [2.75, 3.05) is 13.7 Å². The largest absolute Gasteiger partial charge is 0.493 e. The van der Waals surface area contributed by atoms with Gasteiger partial charge in [0, 0.05) is 17.2 Å². The fourth-order valence-corrected chi connectivity index (χ4v) is 3.56. The maximum absolute atomic E-state index is 12.5. The van der Waals surface area contributed by atoms with Gasteiger partial charge in [-0.3, -0.25) is 9.59 Å². The van der Waals surface area contributed by atoms with Crippen LogP contribution in [0.15, 0.2) is 18.2 Å². The molecule has 5 nitrogen and oxygen atoms in total. The van der Waals surface area contributed by atoms with Crippen LogP contribution in [0.2, 0.25) is 0 Å². The molecule has 0 atom stereocenters. The van der Waals surface area contributed by atoms with E-state index in [1.807, 2.05) is 39.0 Å². The summed E-state index contributed by atoms with van der Waals surface area (Å²) in [7, 11) is 1.61. The Morgan fingerprint density at radius 2 is 1.81 bits per heavy atom. The Morgan fingerprint density at radius 1 is 1.07 bits per heavy atom. The number of rotatable bonds is 9. The van der Waals surface area contributed by atoms with Crippen LogP contribution >= 0.6 is 11.3 Å². The Labute approximate surface area is 164 Å². The monoisotopic (exact) mass is 392 g/mol. The van der Waals surface area contributed by atoms with E-state index < -0.39 is 5.60 Å². The third-order valence-electron chi connectivity index (χ3n) is 3.81. The van der Waals surface area contributed by atoms with Crippen LogP contribution in [0, 0.1) is 0 Å². The first-order valence-electron chi connectivity index (χ1n) is 9.23. The number of carbonyl (C=O) groups is 2. The number of Topliss-reactive ketones (excluding diaryl/α,β-unsaturated/α-hetero) is 1. The number of hydrogen-bond acceptors (Lipinski definition) is 6. The lowest BCUT2D eigenvalue weighted by Gasteiger charge is -2.19. The first-order chi connectivity index (χ1) is 12.7. The number of methoxy groups -OCH3 is 1. The third-order valence-corrected chi connectivity index (χ3v) is 4.95. The van der Waals surface area contributed by atoms with E-state index in [-0.39, 0.29) is 24.6 Å². The lowest BCUT2D eigenvalue weighted by molar-refractivity contribution is -0.154. The van der Waals surface area contributed by atoms with Crippen molar-refractivity contribution in [1.29, 1.82) is 0 Å². The Kier molecular flexibility index (Phi) is 7.25. The van der Waals surface area contributed by atoms with Gasteiger partial charge in [-0.25, -0.2) is 0 Å². The number of esters is 1. The number of carbonyl (C=O) groups excluding carboxylic acids is 2. The molecule has 0 N–H and O–H groups in total. The van der Waals surface area contributed by atoms with Crippen LogP contribution < -0.4 is 9.47 Å². The van der Waals surface area contributed by atoms with E-state index in [0.717, 1.165) is 22.9 Å². The lowest BCUT2D eigenvalue weighted by atomic mass is 10.1. The van der Waals surface area contributed by atoms with Crippen LogP contribution in [0.3, 0.4) is 0 Å². The average molecular weight is 393 g/mol. The molecule has 0 amide bonds. The van der Waals surface area contributed by atoms with Gasteiger partial charge in [0.25, 0.3) is 0 Å². The topological polar surface area (TPSA) is 61.8 Å². The van der Waals surface area contributed by atoms with Crippen LogP contribution in [0.1, 0.15) is 63.0 Å². The fraction of sp³-hybridized carbons (Fsp3) is 0.524. The quantitative estimate of drug-likeness (QED) is 0.325. The first kappa shape index (κ1) is 21.2. The van der Waals surface area contributed by atoms with Crippen LogP contribution in [-0.4, -0.2) is 31.1 Å². The minimum absolute atomic E-state index is 0.0607. The van der Waals surface area contributed by atoms with Gasteiger partial charge >= 0.3 is 5.97 Å². The Bertz CT molecular complexity index is 801. The van der Waals surface area contributed by atoms with Crippen LogP contribution in [0.5, 0.6) is 11.5 Å². The molecule has 148 valence electrons. The van der Waals surface area contributed by atoms with Gasteiger partial charge in [-0.05, 0) is 44.7 Å². The van der Waals surface area contributed by atoms with Crippen molar-refractivity contribution in [2.24, 2.45) is 0 Å². The van der Waals surface area contributed by atoms with Crippen molar-refractivity contribution in [3.63, 3.8) is 0 Å². The van der Waals surface area contributed by atoms with Crippen LogP contribution in [0.25, 0.3) is 10.1 Å². The molecular formula is C21H28O5S. The highest BCUT2D eigenvalue weighted by atomic mass is 32.1. The molecular weight excluding hydrogens is 364 g/mol. The molecule has 1 aromatic carbocycles. The van der Waals surface area contributed by atoms with E-state index in [2.05, 4.69) is 6.92 Å². The molecule has 0 saturated heterocycles. The van der Waals surface area contributed by atoms with E-state index in [0.29, 0.717) is 23.0 Å². The summed E-state index contributed by atoms with van der Waals surface area (Å²) in [4.78, 5) is 24.9. The predicted molar refractivity (Wildman–Crippen MR) is 108 cm³/mol. The minimum Gasteiger partial charge on any atom is -0.493 e. The maximum Gasteiger partial charge on any atom is 0.306 e. The highest BCUT2D eigenvalue weighted by Gasteiger charge is 2.19. The maximum atomic E-state index is 12.5. The second kappa shape index (κ2) is 9.22. The lowest BCUT2D eigenvalue weighted by Crippen LogP contribution is -2.24. The number of ether oxygens (including phenoxy) is 3. The van der Waals surface area contributed by atoms with Crippen molar-refractivity contribution in [1.82, 2.24) is 0 Å². The molecule has 6 heteroatoms. The molecule has 0 spiro atoms. The zero-order chi connectivity index (χ0) is 20.0. The van der Waals surface area contributed by atoms with Gasteiger partial charge in [-0.1, -0.05) is 13.3 Å². The van der Waals surface area contributed by atoms with E-state index in [4.69, 9.17) is 14.2 Å². The van der Waals surface area contributed by atoms with Gasteiger partial charge in [0.1, 0.15) is 5.60 Å². The molecule has 0 bridgehead atoms. The number of benzene rings is 1. The zero-order valence-corrected chi connectivity index (χ0v) is 17.5. The van der Waals surface area contributed by atoms with E-state index in [1.165, 1.54) is 11.3 Å². The standard InChI is InChI=1S/C21H28O5S/c1-6-7-10-25-17-11-14-12-19(27-18(14)13-16(17)24-5)15(22)8-9-20(23)26-21(2,3)4/h11-13H,6-10H2,1-5H3. The van der Waals surface area contributed by atoms with E-state index >= 15 is 0 Å². The molecule has 1 aromatic heterocycles. The predicted octanol–water partition coefficient (Wildman–Crippen LogP) is 5.39. The second-order valence-electron chi connectivity index (χ2n) is 7.36. The van der Waals surface area contributed by atoms with E-state index in [9.17, 15) is 9.59 Å². The summed E-state index contributed by atoms with van der Waals surface area (Å²) in [6.07, 6.45) is 2.25. The summed E-state index contributed by atoms with van der Waals surface area (Å²) in [6, 6.07) is 5.65. The zero-order valence-electron chi connectivity index (χ0n) is 16.7. The highest BCUT2D eigenvalue weighted by molar-refractivity contribution is 7.20. The van der Waals surface area contributed by atoms with Crippen LogP contribution in [-0.2, 0) is 9.53 Å². The molecule has 0 aliphatic rings. The van der Waals surface area contributed by atoms with Gasteiger partial charge in [0.2, 0.25) is 0 Å². The van der Waals surface area contributed by atoms with Crippen molar-refractivity contribution in [2.45, 2.75) is 59.0 Å². The van der Waals surface area contributed by atoms with Crippen molar-refractivity contribution in [3.8, 4) is 11.5 Å². The van der Waals surface area contributed by atoms with Crippen molar-refractivity contribution >= 4 is 33.2 Å². The van der Waals surface area contributed by atoms with E-state index in [1.54, 1.807) is 7.11 Å². The first-order valence-corrected chi connectivity index (χ1v) is 10.0. The molecule has 0 radical (unpaired) electrons. The van der Waals surface area contributed by atoms with Gasteiger partial charge in [-0.2, -0.15) is 0 Å². The summed E-state index contributed by atoms with van der Waals surface area (Å²) in [5, 5.41) is 0.938. The summed E-state index contributed by atoms with van der Waals surface area (Å²) in [5.41, 5.74) is -0.539. The molecule has 27 heavy (non-hydrogen) atoms. The minimum atomic E-state index is -0.539. The Hall–Kier alpha value is -2.08. The third kappa shape index (κ3) is 6.24. The molecule has 0 aliphatic carbocycles. The fourth-order valence-electron chi connectivity index (χ4n) is 2.51. The van der Waals surface area contributed by atoms with Crippen molar-refractivity contribution in [3.05, 3.63) is 23.1 Å². The smallest absolute Gasteiger partial charge is 0.306 e. The van der Waals surface area contributed by atoms with Gasteiger partial charge in [0.05, 0.1) is 25.0 Å².